The molecule has 3 heteroatoms. The highest BCUT2D eigenvalue weighted by atomic mass is 16.1. The van der Waals surface area contributed by atoms with Crippen molar-refractivity contribution in [1.82, 2.24) is 10.6 Å². The summed E-state index contributed by atoms with van der Waals surface area (Å²) in [6.07, 6.45) is 5.26. The standard InChI is InChI=1S/C11H20N2O/c1-3-6-12-8-11(14)13-10-5-4-9(2)7-10/h3,9-10,12H,1,4-8H2,2H3,(H,13,14). The highest BCUT2D eigenvalue weighted by Crippen LogP contribution is 2.24. The molecule has 1 fully saturated rings. The molecule has 0 saturated heterocycles. The molecule has 0 spiro atoms. The molecule has 0 aromatic carbocycles. The second kappa shape index (κ2) is 5.81. The second-order valence-corrected chi connectivity index (χ2v) is 4.10. The summed E-state index contributed by atoms with van der Waals surface area (Å²) in [6.45, 7) is 6.90. The Labute approximate surface area is 86.0 Å². The van der Waals surface area contributed by atoms with E-state index in [0.29, 0.717) is 19.1 Å². The third-order valence-electron chi connectivity index (χ3n) is 2.63. The first kappa shape index (κ1) is 11.2. The molecule has 2 N–H and O–H groups in total. The van der Waals surface area contributed by atoms with Crippen molar-refractivity contribution in [1.29, 1.82) is 0 Å². The molecule has 1 saturated carbocycles. The molecule has 1 aliphatic rings. The van der Waals surface area contributed by atoms with E-state index < -0.39 is 0 Å². The van der Waals surface area contributed by atoms with Crippen molar-refractivity contribution in [2.24, 2.45) is 5.92 Å². The van der Waals surface area contributed by atoms with Crippen LogP contribution in [0.25, 0.3) is 0 Å². The fraction of sp³-hybridized carbons (Fsp3) is 0.727. The van der Waals surface area contributed by atoms with Gasteiger partial charge in [0, 0.05) is 12.6 Å². The molecule has 0 radical (unpaired) electrons. The smallest absolute Gasteiger partial charge is 0.234 e. The molecule has 0 aromatic heterocycles. The number of amides is 1. The number of nitrogens with one attached hydrogen (secondary N) is 2. The second-order valence-electron chi connectivity index (χ2n) is 4.10. The van der Waals surface area contributed by atoms with Gasteiger partial charge in [-0.2, -0.15) is 0 Å². The maximum atomic E-state index is 11.4. The van der Waals surface area contributed by atoms with E-state index in [1.165, 1.54) is 6.42 Å². The minimum Gasteiger partial charge on any atom is -0.352 e. The van der Waals surface area contributed by atoms with Gasteiger partial charge >= 0.3 is 0 Å². The van der Waals surface area contributed by atoms with Crippen LogP contribution in [0.1, 0.15) is 26.2 Å². The summed E-state index contributed by atoms with van der Waals surface area (Å²) < 4.78 is 0. The Bertz CT molecular complexity index is 203. The van der Waals surface area contributed by atoms with Gasteiger partial charge in [0.15, 0.2) is 0 Å². The Morgan fingerprint density at radius 3 is 2.93 bits per heavy atom. The van der Waals surface area contributed by atoms with Crippen molar-refractivity contribution in [3.05, 3.63) is 12.7 Å². The Kier molecular flexibility index (Phi) is 4.66. The summed E-state index contributed by atoms with van der Waals surface area (Å²) in [5.74, 6) is 0.868. The SMILES string of the molecule is C=CCNCC(=O)NC1CCC(C)C1. The number of carbonyl (C=O) groups is 1. The predicted molar refractivity (Wildman–Crippen MR) is 58.0 cm³/mol. The van der Waals surface area contributed by atoms with Gasteiger partial charge in [0.05, 0.1) is 6.54 Å². The van der Waals surface area contributed by atoms with E-state index in [4.69, 9.17) is 0 Å². The minimum atomic E-state index is 0.103. The highest BCUT2D eigenvalue weighted by Gasteiger charge is 2.22. The monoisotopic (exact) mass is 196 g/mol. The number of carbonyl (C=O) groups excluding carboxylic acids is 1. The van der Waals surface area contributed by atoms with Crippen molar-refractivity contribution in [2.45, 2.75) is 32.2 Å². The van der Waals surface area contributed by atoms with E-state index in [1.807, 2.05) is 0 Å². The van der Waals surface area contributed by atoms with E-state index >= 15 is 0 Å². The lowest BCUT2D eigenvalue weighted by Gasteiger charge is -2.12. The van der Waals surface area contributed by atoms with Crippen LogP contribution in [0.4, 0.5) is 0 Å². The van der Waals surface area contributed by atoms with Gasteiger partial charge in [-0.3, -0.25) is 4.79 Å². The van der Waals surface area contributed by atoms with Crippen molar-refractivity contribution in [2.75, 3.05) is 13.1 Å². The first-order valence-electron chi connectivity index (χ1n) is 5.33. The normalized spacial score (nSPS) is 26.1. The molecular formula is C11H20N2O. The zero-order valence-electron chi connectivity index (χ0n) is 8.88. The van der Waals surface area contributed by atoms with Crippen LogP contribution in [0.2, 0.25) is 0 Å². The molecule has 14 heavy (non-hydrogen) atoms. The first-order chi connectivity index (χ1) is 6.72. The largest absolute Gasteiger partial charge is 0.352 e. The summed E-state index contributed by atoms with van der Waals surface area (Å²) >= 11 is 0. The molecule has 0 heterocycles. The molecule has 3 nitrogen and oxygen atoms in total. The van der Waals surface area contributed by atoms with E-state index in [1.54, 1.807) is 6.08 Å². The van der Waals surface area contributed by atoms with Crippen LogP contribution in [0.15, 0.2) is 12.7 Å². The fourth-order valence-electron chi connectivity index (χ4n) is 1.90. The van der Waals surface area contributed by atoms with Crippen LogP contribution in [0.3, 0.4) is 0 Å². The van der Waals surface area contributed by atoms with Gasteiger partial charge in [-0.1, -0.05) is 13.0 Å². The maximum Gasteiger partial charge on any atom is 0.234 e. The van der Waals surface area contributed by atoms with Crippen molar-refractivity contribution >= 4 is 5.91 Å². The molecular weight excluding hydrogens is 176 g/mol. The van der Waals surface area contributed by atoms with E-state index in [-0.39, 0.29) is 5.91 Å². The van der Waals surface area contributed by atoms with Crippen molar-refractivity contribution in [3.8, 4) is 0 Å². The van der Waals surface area contributed by atoms with E-state index in [2.05, 4.69) is 24.1 Å². The van der Waals surface area contributed by atoms with Crippen LogP contribution in [-0.4, -0.2) is 25.0 Å². The highest BCUT2D eigenvalue weighted by molar-refractivity contribution is 5.78. The first-order valence-corrected chi connectivity index (χ1v) is 5.33. The molecule has 1 rings (SSSR count). The average Bonchev–Trinajstić information content (AvgIpc) is 2.52. The lowest BCUT2D eigenvalue weighted by molar-refractivity contribution is -0.120. The zero-order valence-corrected chi connectivity index (χ0v) is 8.88. The topological polar surface area (TPSA) is 41.1 Å². The van der Waals surface area contributed by atoms with Gasteiger partial charge in [-0.05, 0) is 25.2 Å². The van der Waals surface area contributed by atoms with Gasteiger partial charge in [0.1, 0.15) is 0 Å². The predicted octanol–water partition coefficient (Wildman–Crippen LogP) is 1.07. The summed E-state index contributed by atoms with van der Waals surface area (Å²) in [4.78, 5) is 11.4. The third kappa shape index (κ3) is 3.92. The van der Waals surface area contributed by atoms with Gasteiger partial charge in [-0.15, -0.1) is 6.58 Å². The van der Waals surface area contributed by atoms with Crippen LogP contribution in [0.5, 0.6) is 0 Å². The Morgan fingerprint density at radius 1 is 1.57 bits per heavy atom. The zero-order chi connectivity index (χ0) is 10.4. The van der Waals surface area contributed by atoms with Gasteiger partial charge in [0.25, 0.3) is 0 Å². The molecule has 0 aromatic rings. The Balaban J connectivity index is 2.11. The summed E-state index contributed by atoms with van der Waals surface area (Å²) in [7, 11) is 0. The summed E-state index contributed by atoms with van der Waals surface area (Å²) in [5, 5.41) is 6.02. The van der Waals surface area contributed by atoms with Crippen molar-refractivity contribution in [3.63, 3.8) is 0 Å². The third-order valence-corrected chi connectivity index (χ3v) is 2.63. The van der Waals surface area contributed by atoms with E-state index in [0.717, 1.165) is 18.8 Å². The van der Waals surface area contributed by atoms with Gasteiger partial charge in [-0.25, -0.2) is 0 Å². The molecule has 1 aliphatic carbocycles. The van der Waals surface area contributed by atoms with Crippen LogP contribution < -0.4 is 10.6 Å². The fourth-order valence-corrected chi connectivity index (χ4v) is 1.90. The van der Waals surface area contributed by atoms with Crippen molar-refractivity contribution < 1.29 is 4.79 Å². The van der Waals surface area contributed by atoms with Gasteiger partial charge < -0.3 is 10.6 Å². The molecule has 0 aliphatic heterocycles. The Hall–Kier alpha value is -0.830. The van der Waals surface area contributed by atoms with Crippen LogP contribution in [0, 0.1) is 5.92 Å². The number of hydrogen-bond acceptors (Lipinski definition) is 2. The van der Waals surface area contributed by atoms with Crippen LogP contribution >= 0.6 is 0 Å². The van der Waals surface area contributed by atoms with Crippen LogP contribution in [-0.2, 0) is 4.79 Å². The average molecular weight is 196 g/mol. The minimum absolute atomic E-state index is 0.103. The molecule has 2 atom stereocenters. The molecule has 2 unspecified atom stereocenters. The quantitative estimate of drug-likeness (QED) is 0.510. The molecule has 80 valence electrons. The number of hydrogen-bond donors (Lipinski definition) is 2. The summed E-state index contributed by atoms with van der Waals surface area (Å²) in [6, 6.07) is 0.406. The summed E-state index contributed by atoms with van der Waals surface area (Å²) in [5.41, 5.74) is 0. The lowest BCUT2D eigenvalue weighted by Crippen LogP contribution is -2.39. The van der Waals surface area contributed by atoms with E-state index in [9.17, 15) is 4.79 Å². The number of rotatable bonds is 5. The van der Waals surface area contributed by atoms with Gasteiger partial charge in [0.2, 0.25) is 5.91 Å². The lowest BCUT2D eigenvalue weighted by atomic mass is 10.1. The molecule has 0 bridgehead atoms. The maximum absolute atomic E-state index is 11.4. The molecule has 1 amide bonds. The Morgan fingerprint density at radius 2 is 2.36 bits per heavy atom.